The molecular formula is C24H25N7O5. The number of ether oxygens (including phenoxy) is 1. The second kappa shape index (κ2) is 11.5. The number of H-pyrrole nitrogens is 1. The minimum atomic E-state index is -1.36. The molecule has 0 fully saturated rings. The minimum Gasteiger partial charge on any atom is -0.480 e. The monoisotopic (exact) mass is 491 g/mol. The molecule has 186 valence electrons. The molecule has 0 saturated heterocycles. The number of carbonyl (C=O) groups excluding carboxylic acids is 2. The number of amides is 2. The Bertz CT molecular complexity index is 1320. The number of imidazole rings is 1. The highest BCUT2D eigenvalue weighted by molar-refractivity contribution is 5.98. The molecule has 0 aliphatic rings. The Kier molecular flexibility index (Phi) is 7.76. The number of hydrogen-bond acceptors (Lipinski definition) is 7. The van der Waals surface area contributed by atoms with Crippen LogP contribution in [0.1, 0.15) is 15.9 Å². The smallest absolute Gasteiger partial charge is 0.408 e. The van der Waals surface area contributed by atoms with Gasteiger partial charge in [0, 0.05) is 36.4 Å². The number of aromatic amines is 1. The van der Waals surface area contributed by atoms with E-state index in [0.717, 1.165) is 16.5 Å². The minimum absolute atomic E-state index is 0.00200. The molecule has 12 heteroatoms. The maximum absolute atomic E-state index is 12.6. The summed E-state index contributed by atoms with van der Waals surface area (Å²) >= 11 is 0. The number of carbonyl (C=O) groups is 3. The van der Waals surface area contributed by atoms with Crippen molar-refractivity contribution in [2.24, 2.45) is 0 Å². The molecule has 0 saturated carbocycles. The number of benzene rings is 2. The number of rotatable bonds is 11. The zero-order valence-corrected chi connectivity index (χ0v) is 19.2. The molecule has 5 N–H and O–H groups in total. The SMILES string of the molecule is O=C(N[C@@H](CNC(=O)c1ccc2c(cnn2CCNc2ncc[nH]2)c1)C(=O)O)OCc1ccccc1. The third kappa shape index (κ3) is 6.38. The average Bonchev–Trinajstić information content (AvgIpc) is 3.55. The molecule has 0 aliphatic heterocycles. The van der Waals surface area contributed by atoms with Crippen molar-refractivity contribution in [1.82, 2.24) is 30.4 Å². The van der Waals surface area contributed by atoms with Crippen LogP contribution in [0.5, 0.6) is 0 Å². The number of alkyl carbamates (subject to hydrolysis) is 1. The zero-order valence-electron chi connectivity index (χ0n) is 19.2. The number of nitrogens with zero attached hydrogens (tertiary/aromatic N) is 3. The normalized spacial score (nSPS) is 11.6. The van der Waals surface area contributed by atoms with Crippen LogP contribution in [0.25, 0.3) is 10.9 Å². The van der Waals surface area contributed by atoms with Gasteiger partial charge in [-0.3, -0.25) is 9.48 Å². The molecule has 2 heterocycles. The molecule has 2 amide bonds. The van der Waals surface area contributed by atoms with Crippen LogP contribution in [0.15, 0.2) is 67.1 Å². The lowest BCUT2D eigenvalue weighted by atomic mass is 10.1. The summed E-state index contributed by atoms with van der Waals surface area (Å²) in [7, 11) is 0. The summed E-state index contributed by atoms with van der Waals surface area (Å²) in [5.41, 5.74) is 1.95. The first kappa shape index (κ1) is 24.3. The van der Waals surface area contributed by atoms with Crippen LogP contribution in [-0.4, -0.2) is 62.0 Å². The molecule has 2 aromatic heterocycles. The summed E-state index contributed by atoms with van der Waals surface area (Å²) in [6.45, 7) is 0.869. The van der Waals surface area contributed by atoms with Crippen molar-refractivity contribution < 1.29 is 24.2 Å². The van der Waals surface area contributed by atoms with E-state index in [1.54, 1.807) is 65.7 Å². The van der Waals surface area contributed by atoms with Gasteiger partial charge >= 0.3 is 12.1 Å². The largest absolute Gasteiger partial charge is 0.480 e. The molecule has 0 spiro atoms. The van der Waals surface area contributed by atoms with Gasteiger partial charge in [-0.1, -0.05) is 30.3 Å². The first-order valence-corrected chi connectivity index (χ1v) is 11.2. The van der Waals surface area contributed by atoms with E-state index in [1.165, 1.54) is 0 Å². The highest BCUT2D eigenvalue weighted by Crippen LogP contribution is 2.16. The Labute approximate surface area is 205 Å². The van der Waals surface area contributed by atoms with Gasteiger partial charge in [0.15, 0.2) is 5.95 Å². The molecule has 1 atom stereocenters. The number of nitrogens with one attached hydrogen (secondary N) is 4. The van der Waals surface area contributed by atoms with Crippen LogP contribution in [0.4, 0.5) is 10.7 Å². The summed E-state index contributed by atoms with van der Waals surface area (Å²) < 4.78 is 6.86. The van der Waals surface area contributed by atoms with Crippen molar-refractivity contribution in [3.05, 3.63) is 78.2 Å². The van der Waals surface area contributed by atoms with E-state index in [2.05, 4.69) is 31.0 Å². The molecule has 36 heavy (non-hydrogen) atoms. The maximum Gasteiger partial charge on any atom is 0.408 e. The highest BCUT2D eigenvalue weighted by atomic mass is 16.5. The standard InChI is InChI=1S/C24H25N7O5/c32-21(28-14-19(22(33)34)30-24(35)36-15-16-4-2-1-3-5-16)17-6-7-20-18(12-17)13-29-31(20)11-10-27-23-25-8-9-26-23/h1-9,12-13,19H,10-11,14-15H2,(H,28,32)(H,30,35)(H,33,34)(H2,25,26,27)/t19-/m0/s1. The lowest BCUT2D eigenvalue weighted by Gasteiger charge is -2.15. The molecular weight excluding hydrogens is 466 g/mol. The van der Waals surface area contributed by atoms with Gasteiger partial charge in [-0.05, 0) is 23.8 Å². The fourth-order valence-electron chi connectivity index (χ4n) is 3.45. The molecule has 4 rings (SSSR count). The number of aromatic nitrogens is 4. The van der Waals surface area contributed by atoms with Crippen LogP contribution in [-0.2, 0) is 22.7 Å². The summed E-state index contributed by atoms with van der Waals surface area (Å²) in [4.78, 5) is 43.2. The van der Waals surface area contributed by atoms with E-state index < -0.39 is 24.0 Å². The van der Waals surface area contributed by atoms with Crippen LogP contribution < -0.4 is 16.0 Å². The van der Waals surface area contributed by atoms with E-state index in [9.17, 15) is 19.5 Å². The fraction of sp³-hybridized carbons (Fsp3) is 0.208. The average molecular weight is 492 g/mol. The maximum atomic E-state index is 12.6. The molecule has 0 unspecified atom stereocenters. The van der Waals surface area contributed by atoms with E-state index in [4.69, 9.17) is 4.74 Å². The van der Waals surface area contributed by atoms with Gasteiger partial charge in [0.05, 0.1) is 18.3 Å². The van der Waals surface area contributed by atoms with Gasteiger partial charge in [0.25, 0.3) is 5.91 Å². The molecule has 0 aliphatic carbocycles. The third-order valence-electron chi connectivity index (χ3n) is 5.29. The Balaban J connectivity index is 1.29. The van der Waals surface area contributed by atoms with Gasteiger partial charge in [-0.25, -0.2) is 14.6 Å². The number of fused-ring (bicyclic) bond motifs is 1. The predicted molar refractivity (Wildman–Crippen MR) is 130 cm³/mol. The van der Waals surface area contributed by atoms with Crippen LogP contribution in [0.3, 0.4) is 0 Å². The molecule has 0 bridgehead atoms. The van der Waals surface area contributed by atoms with E-state index >= 15 is 0 Å². The Morgan fingerprint density at radius 2 is 1.97 bits per heavy atom. The van der Waals surface area contributed by atoms with Gasteiger partial charge in [-0.2, -0.15) is 5.10 Å². The second-order valence-corrected chi connectivity index (χ2v) is 7.81. The second-order valence-electron chi connectivity index (χ2n) is 7.81. The van der Waals surface area contributed by atoms with Crippen molar-refractivity contribution in [3.63, 3.8) is 0 Å². The van der Waals surface area contributed by atoms with Gasteiger partial charge in [0.1, 0.15) is 12.6 Å². The molecule has 12 nitrogen and oxygen atoms in total. The van der Waals surface area contributed by atoms with Crippen molar-refractivity contribution >= 4 is 34.8 Å². The summed E-state index contributed by atoms with van der Waals surface area (Å²) in [6.07, 6.45) is 4.15. The highest BCUT2D eigenvalue weighted by Gasteiger charge is 2.22. The zero-order chi connectivity index (χ0) is 25.3. The number of carboxylic acid groups (broad SMARTS) is 1. The lowest BCUT2D eigenvalue weighted by Crippen LogP contribution is -2.48. The summed E-state index contributed by atoms with van der Waals surface area (Å²) in [5, 5.41) is 22.5. The van der Waals surface area contributed by atoms with Gasteiger partial charge in [0.2, 0.25) is 0 Å². The third-order valence-corrected chi connectivity index (χ3v) is 5.29. The van der Waals surface area contributed by atoms with E-state index in [1.807, 2.05) is 6.07 Å². The number of carboxylic acids is 1. The Hall–Kier alpha value is -4.87. The predicted octanol–water partition coefficient (Wildman–Crippen LogP) is 1.98. The van der Waals surface area contributed by atoms with Gasteiger partial charge in [-0.15, -0.1) is 0 Å². The van der Waals surface area contributed by atoms with E-state index in [-0.39, 0.29) is 13.2 Å². The molecule has 0 radical (unpaired) electrons. The van der Waals surface area contributed by atoms with Gasteiger partial charge < -0.3 is 30.8 Å². The number of hydrogen-bond donors (Lipinski definition) is 5. The van der Waals surface area contributed by atoms with Crippen molar-refractivity contribution in [2.75, 3.05) is 18.4 Å². The molecule has 4 aromatic rings. The van der Waals surface area contributed by atoms with Crippen molar-refractivity contribution in [2.45, 2.75) is 19.2 Å². The number of aliphatic carboxylic acids is 1. The topological polar surface area (TPSA) is 163 Å². The Morgan fingerprint density at radius 3 is 2.72 bits per heavy atom. The number of anilines is 1. The fourth-order valence-corrected chi connectivity index (χ4v) is 3.45. The van der Waals surface area contributed by atoms with Crippen molar-refractivity contribution in [3.8, 4) is 0 Å². The van der Waals surface area contributed by atoms with Crippen LogP contribution >= 0.6 is 0 Å². The lowest BCUT2D eigenvalue weighted by molar-refractivity contribution is -0.139. The van der Waals surface area contributed by atoms with Crippen LogP contribution in [0, 0.1) is 0 Å². The summed E-state index contributed by atoms with van der Waals surface area (Å²) in [6, 6.07) is 12.7. The first-order valence-electron chi connectivity index (χ1n) is 11.2. The quantitative estimate of drug-likeness (QED) is 0.213. The van der Waals surface area contributed by atoms with E-state index in [0.29, 0.717) is 24.6 Å². The Morgan fingerprint density at radius 1 is 1.14 bits per heavy atom. The van der Waals surface area contributed by atoms with Crippen molar-refractivity contribution in [1.29, 1.82) is 0 Å². The summed E-state index contributed by atoms with van der Waals surface area (Å²) in [5.74, 6) is -1.11. The van der Waals surface area contributed by atoms with Crippen LogP contribution in [0.2, 0.25) is 0 Å². The molecule has 2 aromatic carbocycles. The first-order chi connectivity index (χ1) is 17.5.